The van der Waals surface area contributed by atoms with Crippen molar-refractivity contribution in [2.75, 3.05) is 20.3 Å². The summed E-state index contributed by atoms with van der Waals surface area (Å²) in [5.41, 5.74) is -1.38. The fourth-order valence-corrected chi connectivity index (χ4v) is 3.61. The van der Waals surface area contributed by atoms with Crippen LogP contribution in [0.2, 0.25) is 0 Å². The number of esters is 1. The predicted octanol–water partition coefficient (Wildman–Crippen LogP) is 1.01. The van der Waals surface area contributed by atoms with Crippen LogP contribution in [-0.2, 0) is 28.6 Å². The van der Waals surface area contributed by atoms with Crippen LogP contribution in [0.25, 0.3) is 0 Å². The highest BCUT2D eigenvalue weighted by molar-refractivity contribution is 5.80. The van der Waals surface area contributed by atoms with E-state index in [2.05, 4.69) is 0 Å². The SMILES string of the molecule is CCOC(=O)CC1(OC)C(C2CCCO2)N(C(C)=O)C=CN1C(C)=O. The number of amides is 2. The maximum Gasteiger partial charge on any atom is 0.310 e. The average molecular weight is 354 g/mol. The zero-order chi connectivity index (χ0) is 18.6. The lowest BCUT2D eigenvalue weighted by Crippen LogP contribution is -2.69. The Balaban J connectivity index is 2.53. The maximum atomic E-state index is 12.3. The summed E-state index contributed by atoms with van der Waals surface area (Å²) >= 11 is 0. The largest absolute Gasteiger partial charge is 0.466 e. The average Bonchev–Trinajstić information content (AvgIpc) is 3.07. The van der Waals surface area contributed by atoms with Crippen LogP contribution >= 0.6 is 0 Å². The van der Waals surface area contributed by atoms with Gasteiger partial charge in [0.1, 0.15) is 6.04 Å². The number of methoxy groups -OCH3 is 1. The summed E-state index contributed by atoms with van der Waals surface area (Å²) in [6, 6.07) is -0.643. The highest BCUT2D eigenvalue weighted by atomic mass is 16.5. The number of carbonyl (C=O) groups is 3. The third-order valence-electron chi connectivity index (χ3n) is 4.62. The third kappa shape index (κ3) is 3.69. The third-order valence-corrected chi connectivity index (χ3v) is 4.62. The second kappa shape index (κ2) is 7.97. The van der Waals surface area contributed by atoms with Gasteiger partial charge >= 0.3 is 5.97 Å². The van der Waals surface area contributed by atoms with Crippen LogP contribution in [0.5, 0.6) is 0 Å². The Kier molecular flexibility index (Phi) is 6.18. The second-order valence-corrected chi connectivity index (χ2v) is 6.14. The summed E-state index contributed by atoms with van der Waals surface area (Å²) in [7, 11) is 1.43. The summed E-state index contributed by atoms with van der Waals surface area (Å²) < 4.78 is 16.6. The molecular weight excluding hydrogens is 328 g/mol. The van der Waals surface area contributed by atoms with Crippen molar-refractivity contribution < 1.29 is 28.6 Å². The molecule has 2 amide bonds. The van der Waals surface area contributed by atoms with E-state index < -0.39 is 17.7 Å². The molecule has 8 nitrogen and oxygen atoms in total. The molecule has 2 aliphatic rings. The predicted molar refractivity (Wildman–Crippen MR) is 87.9 cm³/mol. The second-order valence-electron chi connectivity index (χ2n) is 6.14. The van der Waals surface area contributed by atoms with Crippen molar-refractivity contribution in [2.45, 2.75) is 57.9 Å². The molecule has 0 aromatic heterocycles. The van der Waals surface area contributed by atoms with Gasteiger partial charge in [-0.1, -0.05) is 0 Å². The summed E-state index contributed by atoms with van der Waals surface area (Å²) in [6.45, 7) is 5.31. The molecule has 0 aromatic carbocycles. The molecule has 3 unspecified atom stereocenters. The van der Waals surface area contributed by atoms with Crippen molar-refractivity contribution in [3.05, 3.63) is 12.4 Å². The molecule has 2 heterocycles. The van der Waals surface area contributed by atoms with Gasteiger partial charge in [0.25, 0.3) is 0 Å². The first-order chi connectivity index (χ1) is 11.9. The number of nitrogens with zero attached hydrogens (tertiary/aromatic N) is 2. The van der Waals surface area contributed by atoms with Gasteiger partial charge in [-0.25, -0.2) is 0 Å². The Labute approximate surface area is 147 Å². The van der Waals surface area contributed by atoms with Gasteiger partial charge in [-0.3, -0.25) is 19.3 Å². The van der Waals surface area contributed by atoms with Crippen molar-refractivity contribution in [3.63, 3.8) is 0 Å². The molecule has 2 aliphatic heterocycles. The first kappa shape index (κ1) is 19.4. The Morgan fingerprint density at radius 3 is 2.44 bits per heavy atom. The molecule has 0 saturated carbocycles. The molecule has 140 valence electrons. The van der Waals surface area contributed by atoms with E-state index in [4.69, 9.17) is 14.2 Å². The number of carbonyl (C=O) groups excluding carboxylic acids is 3. The van der Waals surface area contributed by atoms with Crippen LogP contribution in [0.1, 0.15) is 40.0 Å². The first-order valence-corrected chi connectivity index (χ1v) is 8.47. The van der Waals surface area contributed by atoms with Gasteiger partial charge in [0.05, 0.1) is 19.1 Å². The Bertz CT molecular complexity index is 557. The monoisotopic (exact) mass is 354 g/mol. The fourth-order valence-electron chi connectivity index (χ4n) is 3.61. The normalized spacial score (nSPS) is 29.0. The van der Waals surface area contributed by atoms with Crippen molar-refractivity contribution in [3.8, 4) is 0 Å². The van der Waals surface area contributed by atoms with E-state index in [1.54, 1.807) is 13.1 Å². The summed E-state index contributed by atoms with van der Waals surface area (Å²) in [5.74, 6) is -1.02. The van der Waals surface area contributed by atoms with Crippen molar-refractivity contribution in [2.24, 2.45) is 0 Å². The van der Waals surface area contributed by atoms with E-state index >= 15 is 0 Å². The molecule has 1 fully saturated rings. The molecule has 0 N–H and O–H groups in total. The molecule has 2 rings (SSSR count). The van der Waals surface area contributed by atoms with E-state index in [1.165, 1.54) is 37.0 Å². The van der Waals surface area contributed by atoms with Crippen LogP contribution < -0.4 is 0 Å². The molecule has 0 aromatic rings. The van der Waals surface area contributed by atoms with Gasteiger partial charge in [0.2, 0.25) is 11.8 Å². The van der Waals surface area contributed by atoms with Crippen LogP contribution in [0.15, 0.2) is 12.4 Å². The molecular formula is C17H26N2O6. The molecule has 3 atom stereocenters. The quantitative estimate of drug-likeness (QED) is 0.685. The molecule has 0 aliphatic carbocycles. The van der Waals surface area contributed by atoms with Crippen LogP contribution in [-0.4, -0.2) is 65.8 Å². The van der Waals surface area contributed by atoms with E-state index in [1.807, 2.05) is 0 Å². The summed E-state index contributed by atoms with van der Waals surface area (Å²) in [4.78, 5) is 39.6. The zero-order valence-corrected chi connectivity index (χ0v) is 15.2. The fraction of sp³-hybridized carbons (Fsp3) is 0.706. The smallest absolute Gasteiger partial charge is 0.310 e. The van der Waals surface area contributed by atoms with Gasteiger partial charge in [-0.05, 0) is 19.8 Å². The highest BCUT2D eigenvalue weighted by Crippen LogP contribution is 2.39. The first-order valence-electron chi connectivity index (χ1n) is 8.47. The van der Waals surface area contributed by atoms with Crippen molar-refractivity contribution in [1.29, 1.82) is 0 Å². The lowest BCUT2D eigenvalue weighted by molar-refractivity contribution is -0.207. The molecule has 25 heavy (non-hydrogen) atoms. The van der Waals surface area contributed by atoms with Crippen LogP contribution in [0.4, 0.5) is 0 Å². The van der Waals surface area contributed by atoms with Crippen LogP contribution in [0.3, 0.4) is 0 Å². The standard InChI is InChI=1S/C17H26N2O6/c1-5-24-15(22)11-17(23-4)16(14-7-6-10-25-14)18(12(2)20)8-9-19(17)13(3)21/h8-9,14,16H,5-7,10-11H2,1-4H3. The summed E-state index contributed by atoms with van der Waals surface area (Å²) in [6.07, 6.45) is 4.02. The van der Waals surface area contributed by atoms with E-state index in [0.717, 1.165) is 6.42 Å². The van der Waals surface area contributed by atoms with Gasteiger partial charge in [-0.2, -0.15) is 0 Å². The number of hydrogen-bond donors (Lipinski definition) is 0. The van der Waals surface area contributed by atoms with E-state index in [9.17, 15) is 14.4 Å². The topological polar surface area (TPSA) is 85.4 Å². The number of rotatable bonds is 5. The minimum atomic E-state index is -1.38. The molecule has 0 bridgehead atoms. The van der Waals surface area contributed by atoms with E-state index in [0.29, 0.717) is 13.0 Å². The van der Waals surface area contributed by atoms with Gasteiger partial charge in [0.15, 0.2) is 5.72 Å². The van der Waals surface area contributed by atoms with E-state index in [-0.39, 0.29) is 30.9 Å². The molecule has 1 saturated heterocycles. The minimum Gasteiger partial charge on any atom is -0.466 e. The number of hydrogen-bond acceptors (Lipinski definition) is 6. The Hall–Kier alpha value is -1.93. The molecule has 8 heteroatoms. The number of ether oxygens (including phenoxy) is 3. The van der Waals surface area contributed by atoms with Crippen molar-refractivity contribution >= 4 is 17.8 Å². The van der Waals surface area contributed by atoms with Crippen molar-refractivity contribution in [1.82, 2.24) is 9.80 Å². The summed E-state index contributed by atoms with van der Waals surface area (Å²) in [5, 5.41) is 0. The molecule has 0 radical (unpaired) electrons. The lowest BCUT2D eigenvalue weighted by atomic mass is 9.88. The Morgan fingerprint density at radius 2 is 1.96 bits per heavy atom. The van der Waals surface area contributed by atoms with Crippen LogP contribution in [0, 0.1) is 0 Å². The zero-order valence-electron chi connectivity index (χ0n) is 15.2. The van der Waals surface area contributed by atoms with Gasteiger partial charge < -0.3 is 19.1 Å². The Morgan fingerprint density at radius 1 is 1.24 bits per heavy atom. The highest BCUT2D eigenvalue weighted by Gasteiger charge is 2.56. The molecule has 0 spiro atoms. The minimum absolute atomic E-state index is 0.199. The van der Waals surface area contributed by atoms with Gasteiger partial charge in [-0.15, -0.1) is 0 Å². The van der Waals surface area contributed by atoms with Gasteiger partial charge in [0, 0.05) is 40.0 Å². The maximum absolute atomic E-state index is 12.3. The lowest BCUT2D eigenvalue weighted by Gasteiger charge is -2.52.